The fourth-order valence-corrected chi connectivity index (χ4v) is 2.98. The first-order chi connectivity index (χ1) is 7.74. The van der Waals surface area contributed by atoms with Crippen molar-refractivity contribution < 1.29 is 0 Å². The zero-order chi connectivity index (χ0) is 11.4. The molecule has 2 rings (SSSR count). The summed E-state index contributed by atoms with van der Waals surface area (Å²) in [5, 5.41) is 0. The van der Waals surface area contributed by atoms with Crippen molar-refractivity contribution in [2.24, 2.45) is 11.7 Å². The van der Waals surface area contributed by atoms with Gasteiger partial charge >= 0.3 is 0 Å². The summed E-state index contributed by atoms with van der Waals surface area (Å²) in [6.07, 6.45) is 11.2. The maximum Gasteiger partial charge on any atom is 0.0440 e. The minimum absolute atomic E-state index is 0.224. The molecule has 2 nitrogen and oxygen atoms in total. The van der Waals surface area contributed by atoms with Crippen LogP contribution in [0.1, 0.15) is 58.3 Å². The normalized spacial score (nSPS) is 24.4. The first kappa shape index (κ1) is 12.4. The van der Waals surface area contributed by atoms with Crippen LogP contribution in [0.3, 0.4) is 0 Å². The summed E-state index contributed by atoms with van der Waals surface area (Å²) in [6.45, 7) is 5.91. The summed E-state index contributed by atoms with van der Waals surface area (Å²) < 4.78 is 0. The molecule has 0 unspecified atom stereocenters. The molecule has 2 heteroatoms. The molecule has 0 bridgehead atoms. The van der Waals surface area contributed by atoms with Gasteiger partial charge in [-0.2, -0.15) is 0 Å². The minimum Gasteiger partial charge on any atom is -0.323 e. The van der Waals surface area contributed by atoms with E-state index in [1.54, 1.807) is 0 Å². The van der Waals surface area contributed by atoms with Crippen LogP contribution in [0.15, 0.2) is 0 Å². The Morgan fingerprint density at radius 1 is 1.06 bits per heavy atom. The summed E-state index contributed by atoms with van der Waals surface area (Å²) in [5.74, 6) is 0.869. The maximum atomic E-state index is 6.33. The maximum absolute atomic E-state index is 6.33. The van der Waals surface area contributed by atoms with E-state index < -0.39 is 0 Å². The predicted octanol–water partition coefficient (Wildman–Crippen LogP) is 2.77. The standard InChI is InChI=1S/C14H28N2/c1-2-3-4-5-6-7-10-16-11-14(15,12-16)13-8-9-13/h13H,2-12,15H2,1H3. The van der Waals surface area contributed by atoms with Crippen molar-refractivity contribution in [1.82, 2.24) is 4.90 Å². The number of nitrogens with two attached hydrogens (primary N) is 1. The topological polar surface area (TPSA) is 29.3 Å². The third kappa shape index (κ3) is 3.21. The van der Waals surface area contributed by atoms with E-state index in [4.69, 9.17) is 5.73 Å². The molecule has 1 aliphatic heterocycles. The highest BCUT2D eigenvalue weighted by atomic mass is 15.3. The molecule has 2 aliphatic rings. The Morgan fingerprint density at radius 3 is 2.31 bits per heavy atom. The third-order valence-electron chi connectivity index (χ3n) is 4.25. The lowest BCUT2D eigenvalue weighted by molar-refractivity contribution is 0.0533. The van der Waals surface area contributed by atoms with Gasteiger partial charge in [-0.15, -0.1) is 0 Å². The number of hydrogen-bond acceptors (Lipinski definition) is 2. The van der Waals surface area contributed by atoms with E-state index in [0.717, 1.165) is 5.92 Å². The highest BCUT2D eigenvalue weighted by molar-refractivity contribution is 5.08. The number of hydrogen-bond donors (Lipinski definition) is 1. The van der Waals surface area contributed by atoms with Gasteiger partial charge in [0.1, 0.15) is 0 Å². The van der Waals surface area contributed by atoms with Gasteiger partial charge in [-0.05, 0) is 31.7 Å². The van der Waals surface area contributed by atoms with Crippen LogP contribution >= 0.6 is 0 Å². The van der Waals surface area contributed by atoms with Gasteiger partial charge in [0.05, 0.1) is 0 Å². The molecule has 0 radical (unpaired) electrons. The highest BCUT2D eigenvalue weighted by Gasteiger charge is 2.49. The first-order valence-electron chi connectivity index (χ1n) is 7.26. The molecular formula is C14H28N2. The molecule has 0 aromatic rings. The van der Waals surface area contributed by atoms with Gasteiger partial charge < -0.3 is 5.73 Å². The van der Waals surface area contributed by atoms with Crippen LogP contribution in [0.4, 0.5) is 0 Å². The Balaban J connectivity index is 1.44. The zero-order valence-electron chi connectivity index (χ0n) is 10.9. The van der Waals surface area contributed by atoms with Crippen molar-refractivity contribution in [1.29, 1.82) is 0 Å². The lowest BCUT2D eigenvalue weighted by atomic mass is 9.85. The van der Waals surface area contributed by atoms with Crippen LogP contribution < -0.4 is 5.73 Å². The average Bonchev–Trinajstić information content (AvgIpc) is 3.03. The van der Waals surface area contributed by atoms with E-state index in [0.29, 0.717) is 0 Å². The summed E-state index contributed by atoms with van der Waals surface area (Å²) in [5.41, 5.74) is 6.55. The van der Waals surface area contributed by atoms with Gasteiger partial charge in [-0.25, -0.2) is 0 Å². The predicted molar refractivity (Wildman–Crippen MR) is 69.5 cm³/mol. The number of nitrogens with zero attached hydrogens (tertiary/aromatic N) is 1. The molecule has 2 fully saturated rings. The van der Waals surface area contributed by atoms with Crippen molar-refractivity contribution >= 4 is 0 Å². The lowest BCUT2D eigenvalue weighted by Crippen LogP contribution is -2.68. The molecule has 1 aliphatic carbocycles. The largest absolute Gasteiger partial charge is 0.323 e. The van der Waals surface area contributed by atoms with Crippen molar-refractivity contribution in [2.75, 3.05) is 19.6 Å². The van der Waals surface area contributed by atoms with Gasteiger partial charge in [-0.1, -0.05) is 39.0 Å². The van der Waals surface area contributed by atoms with Crippen molar-refractivity contribution in [3.63, 3.8) is 0 Å². The van der Waals surface area contributed by atoms with Crippen molar-refractivity contribution in [3.05, 3.63) is 0 Å². The van der Waals surface area contributed by atoms with Crippen LogP contribution in [-0.2, 0) is 0 Å². The monoisotopic (exact) mass is 224 g/mol. The molecular weight excluding hydrogens is 196 g/mol. The summed E-state index contributed by atoms with van der Waals surface area (Å²) in [6, 6.07) is 0. The summed E-state index contributed by atoms with van der Waals surface area (Å²) in [4.78, 5) is 2.55. The Hall–Kier alpha value is -0.0800. The molecule has 0 aromatic heterocycles. The van der Waals surface area contributed by atoms with Gasteiger partial charge in [0.2, 0.25) is 0 Å². The van der Waals surface area contributed by atoms with E-state index in [1.165, 1.54) is 71.0 Å². The average molecular weight is 224 g/mol. The Morgan fingerprint density at radius 2 is 1.69 bits per heavy atom. The quantitative estimate of drug-likeness (QED) is 0.642. The van der Waals surface area contributed by atoms with Crippen molar-refractivity contribution in [3.8, 4) is 0 Å². The Bertz CT molecular complexity index is 205. The van der Waals surface area contributed by atoms with Crippen LogP contribution in [0.25, 0.3) is 0 Å². The first-order valence-corrected chi connectivity index (χ1v) is 7.26. The van der Waals surface area contributed by atoms with E-state index in [-0.39, 0.29) is 5.54 Å². The van der Waals surface area contributed by atoms with E-state index in [1.807, 2.05) is 0 Å². The Kier molecular flexibility index (Phi) is 4.26. The van der Waals surface area contributed by atoms with Crippen LogP contribution in [0.2, 0.25) is 0 Å². The summed E-state index contributed by atoms with van der Waals surface area (Å²) in [7, 11) is 0. The van der Waals surface area contributed by atoms with Gasteiger partial charge in [-0.3, -0.25) is 4.90 Å². The summed E-state index contributed by atoms with van der Waals surface area (Å²) >= 11 is 0. The fourth-order valence-electron chi connectivity index (χ4n) is 2.98. The minimum atomic E-state index is 0.224. The molecule has 2 N–H and O–H groups in total. The third-order valence-corrected chi connectivity index (χ3v) is 4.25. The second kappa shape index (κ2) is 5.50. The Labute approximate surface area is 101 Å². The van der Waals surface area contributed by atoms with Crippen molar-refractivity contribution in [2.45, 2.75) is 63.8 Å². The fraction of sp³-hybridized carbons (Fsp3) is 1.00. The lowest BCUT2D eigenvalue weighted by Gasteiger charge is -2.48. The highest BCUT2D eigenvalue weighted by Crippen LogP contribution is 2.42. The number of rotatable bonds is 8. The van der Waals surface area contributed by atoms with Gasteiger partial charge in [0.25, 0.3) is 0 Å². The van der Waals surface area contributed by atoms with Gasteiger partial charge in [0, 0.05) is 18.6 Å². The van der Waals surface area contributed by atoms with E-state index in [2.05, 4.69) is 11.8 Å². The molecule has 16 heavy (non-hydrogen) atoms. The second-order valence-corrected chi connectivity index (χ2v) is 5.99. The smallest absolute Gasteiger partial charge is 0.0440 e. The SMILES string of the molecule is CCCCCCCCN1CC(N)(C2CC2)C1. The van der Waals surface area contributed by atoms with E-state index in [9.17, 15) is 0 Å². The van der Waals surface area contributed by atoms with Crippen LogP contribution in [-0.4, -0.2) is 30.1 Å². The van der Waals surface area contributed by atoms with Crippen LogP contribution in [0, 0.1) is 5.92 Å². The molecule has 0 aromatic carbocycles. The van der Waals surface area contributed by atoms with Crippen LogP contribution in [0.5, 0.6) is 0 Å². The second-order valence-electron chi connectivity index (χ2n) is 5.99. The molecule has 0 atom stereocenters. The molecule has 94 valence electrons. The molecule has 0 amide bonds. The number of likely N-dealkylation sites (tertiary alicyclic amines) is 1. The number of unbranched alkanes of at least 4 members (excludes halogenated alkanes) is 5. The molecule has 0 spiro atoms. The zero-order valence-corrected chi connectivity index (χ0v) is 10.9. The van der Waals surface area contributed by atoms with Gasteiger partial charge in [0.15, 0.2) is 0 Å². The molecule has 1 saturated carbocycles. The molecule has 1 heterocycles. The van der Waals surface area contributed by atoms with E-state index >= 15 is 0 Å². The molecule has 1 saturated heterocycles.